The lowest BCUT2D eigenvalue weighted by Crippen LogP contribution is -2.19. The van der Waals surface area contributed by atoms with Crippen LogP contribution in [-0.4, -0.2) is 17.3 Å². The Balaban J connectivity index is 2.20. The summed E-state index contributed by atoms with van der Waals surface area (Å²) >= 11 is 0. The smallest absolute Gasteiger partial charge is 0.406 e. The highest BCUT2D eigenvalue weighted by Crippen LogP contribution is 2.29. The topological polar surface area (TPSA) is 51.2 Å². The van der Waals surface area contributed by atoms with Gasteiger partial charge in [-0.3, -0.25) is 9.78 Å². The molecule has 2 aromatic rings. The summed E-state index contributed by atoms with van der Waals surface area (Å²) < 4.78 is 54.3. The van der Waals surface area contributed by atoms with E-state index in [1.165, 1.54) is 12.3 Å². The van der Waals surface area contributed by atoms with Crippen molar-refractivity contribution < 1.29 is 27.1 Å². The first kappa shape index (κ1) is 17.5. The molecular formula is C16H12F4N2O2. The van der Waals surface area contributed by atoms with E-state index in [0.29, 0.717) is 5.56 Å². The third kappa shape index (κ3) is 4.80. The highest BCUT2D eigenvalue weighted by atomic mass is 19.4. The molecule has 0 aliphatic heterocycles. The van der Waals surface area contributed by atoms with Crippen molar-refractivity contribution in [2.45, 2.75) is 12.9 Å². The first-order valence-corrected chi connectivity index (χ1v) is 6.69. The SMILES string of the molecule is C=CC(=O)NCc1ccc(-c2cc(OC(F)(F)F)ccc2F)nc1. The quantitative estimate of drug-likeness (QED) is 0.668. The average Bonchev–Trinajstić information content (AvgIpc) is 2.53. The number of ether oxygens (including phenoxy) is 1. The summed E-state index contributed by atoms with van der Waals surface area (Å²) in [5.41, 5.74) is 0.648. The predicted octanol–water partition coefficient (Wildman–Crippen LogP) is 3.59. The number of amides is 1. The van der Waals surface area contributed by atoms with Crippen molar-refractivity contribution in [2.24, 2.45) is 0 Å². The molecule has 1 aromatic heterocycles. The van der Waals surface area contributed by atoms with Gasteiger partial charge >= 0.3 is 6.36 Å². The molecule has 0 saturated carbocycles. The Kier molecular flexibility index (Phi) is 5.18. The van der Waals surface area contributed by atoms with Crippen molar-refractivity contribution in [1.82, 2.24) is 10.3 Å². The van der Waals surface area contributed by atoms with E-state index in [9.17, 15) is 22.4 Å². The molecule has 0 fully saturated rings. The number of nitrogens with one attached hydrogen (secondary N) is 1. The summed E-state index contributed by atoms with van der Waals surface area (Å²) in [7, 11) is 0. The highest BCUT2D eigenvalue weighted by molar-refractivity contribution is 5.86. The maximum absolute atomic E-state index is 13.8. The molecule has 1 heterocycles. The largest absolute Gasteiger partial charge is 0.573 e. The number of halogens is 4. The van der Waals surface area contributed by atoms with Crippen molar-refractivity contribution >= 4 is 5.91 Å². The molecule has 8 heteroatoms. The minimum Gasteiger partial charge on any atom is -0.406 e. The van der Waals surface area contributed by atoms with Crippen LogP contribution in [0.3, 0.4) is 0 Å². The standard InChI is InChI=1S/C16H12F4N2O2/c1-2-15(23)22-9-10-3-6-14(21-8-10)12-7-11(4-5-13(12)17)24-16(18,19)20/h2-8H,1,9H2,(H,22,23). The molecule has 1 aromatic carbocycles. The molecule has 0 unspecified atom stereocenters. The zero-order chi connectivity index (χ0) is 17.7. The molecule has 0 bridgehead atoms. The van der Waals surface area contributed by atoms with Gasteiger partial charge in [-0.25, -0.2) is 4.39 Å². The van der Waals surface area contributed by atoms with E-state index in [2.05, 4.69) is 21.6 Å². The van der Waals surface area contributed by atoms with Gasteiger partial charge in [0.2, 0.25) is 5.91 Å². The number of benzene rings is 1. The number of carbonyl (C=O) groups is 1. The van der Waals surface area contributed by atoms with Crippen LogP contribution in [0.25, 0.3) is 11.3 Å². The minimum atomic E-state index is -4.87. The van der Waals surface area contributed by atoms with Crippen LogP contribution in [0.2, 0.25) is 0 Å². The van der Waals surface area contributed by atoms with E-state index in [4.69, 9.17) is 0 Å². The van der Waals surface area contributed by atoms with Gasteiger partial charge < -0.3 is 10.1 Å². The van der Waals surface area contributed by atoms with Crippen LogP contribution >= 0.6 is 0 Å². The van der Waals surface area contributed by atoms with Gasteiger partial charge in [0, 0.05) is 18.3 Å². The lowest BCUT2D eigenvalue weighted by Gasteiger charge is -2.11. The fraction of sp³-hybridized carbons (Fsp3) is 0.125. The number of pyridine rings is 1. The van der Waals surface area contributed by atoms with Gasteiger partial charge in [0.1, 0.15) is 11.6 Å². The second-order valence-electron chi connectivity index (χ2n) is 4.66. The second-order valence-corrected chi connectivity index (χ2v) is 4.66. The molecule has 126 valence electrons. The Morgan fingerprint density at radius 2 is 2.04 bits per heavy atom. The maximum Gasteiger partial charge on any atom is 0.573 e. The Labute approximate surface area is 134 Å². The molecule has 0 spiro atoms. The molecule has 2 rings (SSSR count). The summed E-state index contributed by atoms with van der Waals surface area (Å²) in [5.74, 6) is -1.63. The van der Waals surface area contributed by atoms with Gasteiger partial charge in [0.05, 0.1) is 5.69 Å². The van der Waals surface area contributed by atoms with Crippen LogP contribution < -0.4 is 10.1 Å². The molecule has 0 aliphatic rings. The minimum absolute atomic E-state index is 0.126. The van der Waals surface area contributed by atoms with E-state index in [0.717, 1.165) is 24.3 Å². The number of rotatable bonds is 5. The Morgan fingerprint density at radius 1 is 1.29 bits per heavy atom. The number of carbonyl (C=O) groups excluding carboxylic acids is 1. The third-order valence-electron chi connectivity index (χ3n) is 2.92. The molecular weight excluding hydrogens is 328 g/mol. The molecule has 1 amide bonds. The molecule has 0 aliphatic carbocycles. The van der Waals surface area contributed by atoms with Crippen LogP contribution in [-0.2, 0) is 11.3 Å². The van der Waals surface area contributed by atoms with Crippen molar-refractivity contribution in [3.05, 3.63) is 60.6 Å². The zero-order valence-corrected chi connectivity index (χ0v) is 12.2. The molecule has 0 saturated heterocycles. The third-order valence-corrected chi connectivity index (χ3v) is 2.92. The van der Waals surface area contributed by atoms with Gasteiger partial charge in [-0.1, -0.05) is 12.6 Å². The van der Waals surface area contributed by atoms with Gasteiger partial charge in [0.25, 0.3) is 0 Å². The molecule has 0 atom stereocenters. The Bertz CT molecular complexity index is 743. The normalized spacial score (nSPS) is 11.0. The molecule has 4 nitrogen and oxygen atoms in total. The first-order valence-electron chi connectivity index (χ1n) is 6.69. The molecule has 0 radical (unpaired) electrons. The number of nitrogens with zero attached hydrogens (tertiary/aromatic N) is 1. The van der Waals surface area contributed by atoms with E-state index in [1.807, 2.05) is 0 Å². The zero-order valence-electron chi connectivity index (χ0n) is 12.2. The van der Waals surface area contributed by atoms with E-state index in [1.54, 1.807) is 6.07 Å². The van der Waals surface area contributed by atoms with Crippen molar-refractivity contribution in [2.75, 3.05) is 0 Å². The van der Waals surface area contributed by atoms with Gasteiger partial charge in [0.15, 0.2) is 0 Å². The number of aromatic nitrogens is 1. The average molecular weight is 340 g/mol. The van der Waals surface area contributed by atoms with Crippen LogP contribution in [0, 0.1) is 5.82 Å². The fourth-order valence-corrected chi connectivity index (χ4v) is 1.85. The summed E-state index contributed by atoms with van der Waals surface area (Å²) in [6, 6.07) is 5.68. The lowest BCUT2D eigenvalue weighted by molar-refractivity contribution is -0.274. The Morgan fingerprint density at radius 3 is 2.62 bits per heavy atom. The molecule has 24 heavy (non-hydrogen) atoms. The lowest BCUT2D eigenvalue weighted by atomic mass is 10.1. The van der Waals surface area contributed by atoms with Crippen molar-refractivity contribution in [3.63, 3.8) is 0 Å². The van der Waals surface area contributed by atoms with Crippen LogP contribution in [0.4, 0.5) is 17.6 Å². The van der Waals surface area contributed by atoms with Gasteiger partial charge in [-0.05, 0) is 35.9 Å². The van der Waals surface area contributed by atoms with Crippen molar-refractivity contribution in [1.29, 1.82) is 0 Å². The van der Waals surface area contributed by atoms with Crippen LogP contribution in [0.15, 0.2) is 49.2 Å². The summed E-state index contributed by atoms with van der Waals surface area (Å²) in [5, 5.41) is 2.54. The second kappa shape index (κ2) is 7.12. The van der Waals surface area contributed by atoms with Crippen LogP contribution in [0.5, 0.6) is 5.75 Å². The van der Waals surface area contributed by atoms with Crippen molar-refractivity contribution in [3.8, 4) is 17.0 Å². The van der Waals surface area contributed by atoms with E-state index < -0.39 is 17.9 Å². The number of hydrogen-bond donors (Lipinski definition) is 1. The van der Waals surface area contributed by atoms with Gasteiger partial charge in [-0.2, -0.15) is 0 Å². The first-order chi connectivity index (χ1) is 11.3. The van der Waals surface area contributed by atoms with E-state index >= 15 is 0 Å². The summed E-state index contributed by atoms with van der Waals surface area (Å²) in [6.07, 6.45) is -2.37. The fourth-order valence-electron chi connectivity index (χ4n) is 1.85. The van der Waals surface area contributed by atoms with Gasteiger partial charge in [-0.15, -0.1) is 13.2 Å². The molecule has 1 N–H and O–H groups in total. The Hall–Kier alpha value is -2.90. The number of alkyl halides is 3. The predicted molar refractivity (Wildman–Crippen MR) is 78.4 cm³/mol. The maximum atomic E-state index is 13.8. The van der Waals surface area contributed by atoms with Crippen LogP contribution in [0.1, 0.15) is 5.56 Å². The summed E-state index contributed by atoms with van der Waals surface area (Å²) in [6.45, 7) is 3.50. The number of hydrogen-bond acceptors (Lipinski definition) is 3. The monoisotopic (exact) mass is 340 g/mol. The summed E-state index contributed by atoms with van der Waals surface area (Å²) in [4.78, 5) is 15.1. The van der Waals surface area contributed by atoms with E-state index in [-0.39, 0.29) is 23.7 Å². The highest BCUT2D eigenvalue weighted by Gasteiger charge is 2.31.